The van der Waals surface area contributed by atoms with Crippen molar-refractivity contribution in [1.82, 2.24) is 4.72 Å². The number of aromatic carboxylic acids is 1. The van der Waals surface area contributed by atoms with E-state index in [0.717, 1.165) is 25.9 Å². The van der Waals surface area contributed by atoms with Gasteiger partial charge in [-0.1, -0.05) is 19.1 Å². The second-order valence-electron chi connectivity index (χ2n) is 5.61. The number of sulfonamides is 1. The van der Waals surface area contributed by atoms with E-state index in [1.165, 1.54) is 35.6 Å². The summed E-state index contributed by atoms with van der Waals surface area (Å²) in [5, 5.41) is 10.7. The monoisotopic (exact) mass is 326 g/mol. The van der Waals surface area contributed by atoms with Crippen LogP contribution in [-0.2, 0) is 10.0 Å². The molecule has 0 spiro atoms. The Balaban J connectivity index is 2.12. The van der Waals surface area contributed by atoms with Gasteiger partial charge in [0.15, 0.2) is 6.17 Å². The van der Waals surface area contributed by atoms with Gasteiger partial charge in [0.1, 0.15) is 0 Å². The molecule has 1 saturated heterocycles. The van der Waals surface area contributed by atoms with Crippen LogP contribution in [0, 0.1) is 0 Å². The molecular weight excluding hydrogens is 304 g/mol. The van der Waals surface area contributed by atoms with Crippen molar-refractivity contribution in [3.63, 3.8) is 0 Å². The molecule has 2 N–H and O–H groups in total. The molecule has 0 saturated carbocycles. The van der Waals surface area contributed by atoms with E-state index in [0.29, 0.717) is 6.42 Å². The molecule has 1 heterocycles. The zero-order valence-electron chi connectivity index (χ0n) is 12.7. The van der Waals surface area contributed by atoms with Gasteiger partial charge >= 0.3 is 0 Å². The molecule has 0 bridgehead atoms. The molecule has 22 heavy (non-hydrogen) atoms. The van der Waals surface area contributed by atoms with Crippen LogP contribution in [0.25, 0.3) is 0 Å². The normalized spacial score (nSPS) is 18.0. The summed E-state index contributed by atoms with van der Waals surface area (Å²) in [4.78, 5) is 12.1. The summed E-state index contributed by atoms with van der Waals surface area (Å²) in [6.45, 7) is 3.92. The largest absolute Gasteiger partial charge is 0.545 e. The maximum Gasteiger partial charge on any atom is 0.245 e. The van der Waals surface area contributed by atoms with Crippen molar-refractivity contribution in [1.29, 1.82) is 0 Å². The van der Waals surface area contributed by atoms with Gasteiger partial charge in [-0.3, -0.25) is 0 Å². The molecular formula is C15H22N2O4S. The lowest BCUT2D eigenvalue weighted by atomic mass is 10.1. The molecule has 1 aliphatic rings. The Morgan fingerprint density at radius 1 is 1.23 bits per heavy atom. The summed E-state index contributed by atoms with van der Waals surface area (Å²) < 4.78 is 27.6. The molecule has 0 aromatic heterocycles. The number of carboxylic acid groups (broad SMARTS) is 1. The number of benzene rings is 1. The third-order valence-corrected chi connectivity index (χ3v) is 5.58. The van der Waals surface area contributed by atoms with E-state index in [9.17, 15) is 18.3 Å². The van der Waals surface area contributed by atoms with Crippen LogP contribution in [0.2, 0.25) is 0 Å². The standard InChI is InChI=1S/C15H22N2O4S/c1-2-14(17-10-4-3-5-11-17)16-22(20,21)13-8-6-12(7-9-13)15(18)19/h6-9,14,16H,2-5,10-11H2,1H3,(H,18,19). The lowest BCUT2D eigenvalue weighted by Gasteiger charge is -2.31. The SMILES string of the molecule is CCC(NS(=O)(=O)c1ccc(C(=O)[O-])cc1)[NH+]1CCCCC1. The van der Waals surface area contributed by atoms with Gasteiger partial charge in [0.05, 0.1) is 24.0 Å². The predicted octanol–water partition coefficient (Wildman–Crippen LogP) is -0.867. The number of carboxylic acids is 1. The van der Waals surface area contributed by atoms with Gasteiger partial charge in [-0.2, -0.15) is 4.72 Å². The minimum Gasteiger partial charge on any atom is -0.545 e. The molecule has 1 fully saturated rings. The second-order valence-corrected chi connectivity index (χ2v) is 7.33. The maximum atomic E-state index is 12.4. The lowest BCUT2D eigenvalue weighted by molar-refractivity contribution is -0.931. The highest BCUT2D eigenvalue weighted by molar-refractivity contribution is 7.89. The van der Waals surface area contributed by atoms with Gasteiger partial charge in [-0.25, -0.2) is 8.42 Å². The molecule has 1 unspecified atom stereocenters. The van der Waals surface area contributed by atoms with Gasteiger partial charge in [0.25, 0.3) is 0 Å². The molecule has 2 rings (SSSR count). The highest BCUT2D eigenvalue weighted by Crippen LogP contribution is 2.11. The van der Waals surface area contributed by atoms with Gasteiger partial charge < -0.3 is 14.8 Å². The zero-order chi connectivity index (χ0) is 16.2. The van der Waals surface area contributed by atoms with Crippen LogP contribution in [0.5, 0.6) is 0 Å². The number of rotatable bonds is 6. The van der Waals surface area contributed by atoms with Crippen LogP contribution < -0.4 is 14.7 Å². The third kappa shape index (κ3) is 4.06. The quantitative estimate of drug-likeness (QED) is 0.711. The molecule has 1 aromatic carbocycles. The number of quaternary nitrogens is 1. The third-order valence-electron chi connectivity index (χ3n) is 4.09. The average molecular weight is 326 g/mol. The van der Waals surface area contributed by atoms with Crippen LogP contribution in [-0.4, -0.2) is 33.6 Å². The Hall–Kier alpha value is -1.44. The number of hydrogen-bond acceptors (Lipinski definition) is 4. The van der Waals surface area contributed by atoms with Gasteiger partial charge in [0.2, 0.25) is 10.0 Å². The molecule has 0 amide bonds. The summed E-state index contributed by atoms with van der Waals surface area (Å²) in [7, 11) is -3.65. The zero-order valence-corrected chi connectivity index (χ0v) is 13.5. The predicted molar refractivity (Wildman–Crippen MR) is 79.7 cm³/mol. The molecule has 1 aliphatic heterocycles. The van der Waals surface area contributed by atoms with Gasteiger partial charge in [-0.05, 0) is 37.0 Å². The fourth-order valence-corrected chi connectivity index (χ4v) is 4.17. The van der Waals surface area contributed by atoms with E-state index >= 15 is 0 Å². The molecule has 0 radical (unpaired) electrons. The first-order valence-corrected chi connectivity index (χ1v) is 9.10. The van der Waals surface area contributed by atoms with Crippen LogP contribution >= 0.6 is 0 Å². The molecule has 122 valence electrons. The maximum absolute atomic E-state index is 12.4. The van der Waals surface area contributed by atoms with E-state index in [2.05, 4.69) is 4.72 Å². The van der Waals surface area contributed by atoms with Crippen molar-refractivity contribution in [2.45, 2.75) is 43.7 Å². The van der Waals surface area contributed by atoms with Crippen LogP contribution in [0.1, 0.15) is 43.0 Å². The van der Waals surface area contributed by atoms with E-state index in [4.69, 9.17) is 0 Å². The Morgan fingerprint density at radius 2 is 1.82 bits per heavy atom. The van der Waals surface area contributed by atoms with E-state index < -0.39 is 16.0 Å². The fraction of sp³-hybridized carbons (Fsp3) is 0.533. The van der Waals surface area contributed by atoms with Crippen molar-refractivity contribution in [2.24, 2.45) is 0 Å². The van der Waals surface area contributed by atoms with E-state index in [-0.39, 0.29) is 16.6 Å². The number of hydrogen-bond donors (Lipinski definition) is 2. The molecule has 0 aliphatic carbocycles. The van der Waals surface area contributed by atoms with Crippen molar-refractivity contribution >= 4 is 16.0 Å². The number of carbonyl (C=O) groups excluding carboxylic acids is 1. The first-order chi connectivity index (χ1) is 10.4. The summed E-state index contributed by atoms with van der Waals surface area (Å²) in [6, 6.07) is 5.09. The lowest BCUT2D eigenvalue weighted by Crippen LogP contribution is -3.18. The Bertz CT molecular complexity index is 607. The summed E-state index contributed by atoms with van der Waals surface area (Å²) in [5.41, 5.74) is -0.0346. The van der Waals surface area contributed by atoms with Crippen LogP contribution in [0.15, 0.2) is 29.2 Å². The minimum atomic E-state index is -3.65. The molecule has 1 aromatic rings. The van der Waals surface area contributed by atoms with E-state index in [1.54, 1.807) is 0 Å². The van der Waals surface area contributed by atoms with E-state index in [1.807, 2.05) is 6.92 Å². The topological polar surface area (TPSA) is 90.7 Å². The summed E-state index contributed by atoms with van der Waals surface area (Å²) >= 11 is 0. The van der Waals surface area contributed by atoms with Crippen LogP contribution in [0.4, 0.5) is 0 Å². The summed E-state index contributed by atoms with van der Waals surface area (Å²) in [6.07, 6.45) is 4.01. The van der Waals surface area contributed by atoms with Crippen molar-refractivity contribution < 1.29 is 23.2 Å². The average Bonchev–Trinajstić information content (AvgIpc) is 2.53. The molecule has 6 nitrogen and oxygen atoms in total. The highest BCUT2D eigenvalue weighted by Gasteiger charge is 2.27. The number of piperidine rings is 1. The van der Waals surface area contributed by atoms with Crippen molar-refractivity contribution in [2.75, 3.05) is 13.1 Å². The van der Waals surface area contributed by atoms with Gasteiger partial charge in [0, 0.05) is 6.42 Å². The Kier molecular flexibility index (Phi) is 5.55. The number of nitrogens with one attached hydrogen (secondary N) is 2. The van der Waals surface area contributed by atoms with Crippen molar-refractivity contribution in [3.05, 3.63) is 29.8 Å². The summed E-state index contributed by atoms with van der Waals surface area (Å²) in [5.74, 6) is -1.32. The highest BCUT2D eigenvalue weighted by atomic mass is 32.2. The molecule has 1 atom stereocenters. The second kappa shape index (κ2) is 7.21. The molecule has 7 heteroatoms. The number of likely N-dealkylation sites (tertiary alicyclic amines) is 1. The number of carbonyl (C=O) groups is 1. The fourth-order valence-electron chi connectivity index (χ4n) is 2.84. The van der Waals surface area contributed by atoms with Gasteiger partial charge in [-0.15, -0.1) is 0 Å². The smallest absolute Gasteiger partial charge is 0.245 e. The van der Waals surface area contributed by atoms with Crippen LogP contribution in [0.3, 0.4) is 0 Å². The Labute approximate surface area is 131 Å². The first kappa shape index (κ1) is 16.9. The van der Waals surface area contributed by atoms with Crippen molar-refractivity contribution in [3.8, 4) is 0 Å². The minimum absolute atomic E-state index is 0.0346. The Morgan fingerprint density at radius 3 is 2.32 bits per heavy atom. The first-order valence-electron chi connectivity index (χ1n) is 7.62.